The molecule has 2 aliphatic rings. The highest BCUT2D eigenvalue weighted by molar-refractivity contribution is 5.23. The van der Waals surface area contributed by atoms with Gasteiger partial charge < -0.3 is 5.11 Å². The number of hydrogen-bond donors (Lipinski definition) is 1. The minimum absolute atomic E-state index is 0.105. The van der Waals surface area contributed by atoms with Gasteiger partial charge in [0.25, 0.3) is 0 Å². The first kappa shape index (κ1) is 12.2. The van der Waals surface area contributed by atoms with Crippen LogP contribution in [0, 0.1) is 17.3 Å². The summed E-state index contributed by atoms with van der Waals surface area (Å²) in [6, 6.07) is 0. The van der Waals surface area contributed by atoms with E-state index in [4.69, 9.17) is 0 Å². The first-order valence-corrected chi connectivity index (χ1v) is 6.80. The van der Waals surface area contributed by atoms with Crippen molar-refractivity contribution in [3.05, 3.63) is 12.2 Å². The molecule has 2 aliphatic carbocycles. The molecular formula is C15H26O. The molecule has 2 fully saturated rings. The van der Waals surface area contributed by atoms with E-state index in [0.717, 1.165) is 18.4 Å². The Kier molecular flexibility index (Phi) is 2.94. The Morgan fingerprint density at radius 3 is 2.69 bits per heavy atom. The summed E-state index contributed by atoms with van der Waals surface area (Å²) in [5, 5.41) is 11.0. The van der Waals surface area contributed by atoms with Crippen molar-refractivity contribution in [3.63, 3.8) is 0 Å². The third-order valence-electron chi connectivity index (χ3n) is 5.36. The number of rotatable bonds is 1. The Labute approximate surface area is 99.9 Å². The molecule has 0 saturated heterocycles. The van der Waals surface area contributed by atoms with Gasteiger partial charge in [-0.25, -0.2) is 0 Å². The molecule has 0 aromatic heterocycles. The smallest absolute Gasteiger partial charge is 0.0910 e. The SMILES string of the molecule is C=C1CCC[C@]2(C)CC[C@@H](C(C)C)C[C@@]12O. The number of hydrogen-bond acceptors (Lipinski definition) is 1. The fraction of sp³-hybridized carbons (Fsp3) is 0.867. The van der Waals surface area contributed by atoms with Gasteiger partial charge in [-0.2, -0.15) is 0 Å². The average Bonchev–Trinajstić information content (AvgIpc) is 2.20. The Hall–Kier alpha value is -0.300. The van der Waals surface area contributed by atoms with E-state index in [0.29, 0.717) is 11.8 Å². The van der Waals surface area contributed by atoms with Crippen molar-refractivity contribution in [3.8, 4) is 0 Å². The summed E-state index contributed by atoms with van der Waals surface area (Å²) in [6.07, 6.45) is 6.81. The maximum absolute atomic E-state index is 11.0. The van der Waals surface area contributed by atoms with Crippen LogP contribution in [0.1, 0.15) is 59.3 Å². The van der Waals surface area contributed by atoms with Gasteiger partial charge in [0.1, 0.15) is 0 Å². The van der Waals surface area contributed by atoms with E-state index < -0.39 is 5.60 Å². The number of aliphatic hydroxyl groups is 1. The zero-order chi connectivity index (χ0) is 12.0. The highest BCUT2D eigenvalue weighted by Gasteiger charge is 2.53. The van der Waals surface area contributed by atoms with Gasteiger partial charge in [-0.1, -0.05) is 27.4 Å². The van der Waals surface area contributed by atoms with E-state index in [1.165, 1.54) is 25.7 Å². The summed E-state index contributed by atoms with van der Waals surface area (Å²) in [5.41, 5.74) is 0.637. The zero-order valence-corrected chi connectivity index (χ0v) is 11.1. The molecule has 0 unspecified atom stereocenters. The first-order valence-electron chi connectivity index (χ1n) is 6.80. The van der Waals surface area contributed by atoms with Gasteiger partial charge in [-0.05, 0) is 55.9 Å². The third kappa shape index (κ3) is 1.64. The standard InChI is InChI=1S/C15H26O/c1-11(2)13-7-9-14(4)8-5-6-12(3)15(14,16)10-13/h11,13,16H,3,5-10H2,1-2,4H3/t13-,14-,15-/m1/s1. The largest absolute Gasteiger partial charge is 0.385 e. The van der Waals surface area contributed by atoms with Crippen molar-refractivity contribution in [2.75, 3.05) is 0 Å². The minimum Gasteiger partial charge on any atom is -0.385 e. The van der Waals surface area contributed by atoms with Crippen molar-refractivity contribution in [1.29, 1.82) is 0 Å². The lowest BCUT2D eigenvalue weighted by atomic mass is 9.53. The molecule has 0 aromatic rings. The van der Waals surface area contributed by atoms with Crippen LogP contribution in [0.15, 0.2) is 12.2 Å². The van der Waals surface area contributed by atoms with Crippen LogP contribution in [0.25, 0.3) is 0 Å². The molecule has 0 aromatic carbocycles. The predicted octanol–water partition coefficient (Wildman–Crippen LogP) is 3.92. The van der Waals surface area contributed by atoms with Gasteiger partial charge in [-0.3, -0.25) is 0 Å². The molecule has 16 heavy (non-hydrogen) atoms. The van der Waals surface area contributed by atoms with Crippen LogP contribution in [0.2, 0.25) is 0 Å². The van der Waals surface area contributed by atoms with E-state index in [1.54, 1.807) is 0 Å². The molecule has 0 spiro atoms. The quantitative estimate of drug-likeness (QED) is 0.667. The molecule has 92 valence electrons. The van der Waals surface area contributed by atoms with Crippen LogP contribution >= 0.6 is 0 Å². The lowest BCUT2D eigenvalue weighted by molar-refractivity contribution is -0.116. The van der Waals surface area contributed by atoms with Crippen molar-refractivity contribution >= 4 is 0 Å². The summed E-state index contributed by atoms with van der Waals surface area (Å²) in [6.45, 7) is 11.0. The second-order valence-electron chi connectivity index (χ2n) is 6.62. The van der Waals surface area contributed by atoms with Crippen LogP contribution in [-0.4, -0.2) is 10.7 Å². The van der Waals surface area contributed by atoms with Crippen LogP contribution in [0.5, 0.6) is 0 Å². The highest BCUT2D eigenvalue weighted by atomic mass is 16.3. The monoisotopic (exact) mass is 222 g/mol. The number of fused-ring (bicyclic) bond motifs is 1. The lowest BCUT2D eigenvalue weighted by Gasteiger charge is -2.55. The molecule has 0 radical (unpaired) electrons. The molecule has 0 heterocycles. The third-order valence-corrected chi connectivity index (χ3v) is 5.36. The van der Waals surface area contributed by atoms with Crippen LogP contribution in [0.3, 0.4) is 0 Å². The topological polar surface area (TPSA) is 20.2 Å². The summed E-state index contributed by atoms with van der Waals surface area (Å²) >= 11 is 0. The second kappa shape index (κ2) is 3.87. The van der Waals surface area contributed by atoms with Crippen molar-refractivity contribution in [2.24, 2.45) is 17.3 Å². The molecule has 2 saturated carbocycles. The highest BCUT2D eigenvalue weighted by Crippen LogP contribution is 2.56. The molecule has 1 heteroatoms. The fourth-order valence-electron chi connectivity index (χ4n) is 3.81. The molecule has 3 atom stereocenters. The van der Waals surface area contributed by atoms with E-state index in [2.05, 4.69) is 27.4 Å². The van der Waals surface area contributed by atoms with E-state index in [9.17, 15) is 5.11 Å². The second-order valence-corrected chi connectivity index (χ2v) is 6.62. The summed E-state index contributed by atoms with van der Waals surface area (Å²) in [5.74, 6) is 1.36. The minimum atomic E-state index is -0.571. The normalized spacial score (nSPS) is 44.6. The summed E-state index contributed by atoms with van der Waals surface area (Å²) in [7, 11) is 0. The Bertz CT molecular complexity index is 294. The molecule has 1 N–H and O–H groups in total. The lowest BCUT2D eigenvalue weighted by Crippen LogP contribution is -2.54. The van der Waals surface area contributed by atoms with Gasteiger partial charge in [0.15, 0.2) is 0 Å². The Balaban J connectivity index is 2.26. The Morgan fingerprint density at radius 1 is 1.38 bits per heavy atom. The van der Waals surface area contributed by atoms with E-state index in [1.807, 2.05) is 0 Å². The molecular weight excluding hydrogens is 196 g/mol. The van der Waals surface area contributed by atoms with Crippen molar-refractivity contribution in [1.82, 2.24) is 0 Å². The molecule has 1 nitrogen and oxygen atoms in total. The van der Waals surface area contributed by atoms with Crippen LogP contribution in [-0.2, 0) is 0 Å². The van der Waals surface area contributed by atoms with E-state index in [-0.39, 0.29) is 5.41 Å². The summed E-state index contributed by atoms with van der Waals surface area (Å²) < 4.78 is 0. The van der Waals surface area contributed by atoms with Gasteiger partial charge >= 0.3 is 0 Å². The maximum Gasteiger partial charge on any atom is 0.0910 e. The summed E-state index contributed by atoms with van der Waals surface area (Å²) in [4.78, 5) is 0. The van der Waals surface area contributed by atoms with Crippen LogP contribution < -0.4 is 0 Å². The zero-order valence-electron chi connectivity index (χ0n) is 11.1. The van der Waals surface area contributed by atoms with Crippen molar-refractivity contribution in [2.45, 2.75) is 64.9 Å². The first-order chi connectivity index (χ1) is 7.39. The maximum atomic E-state index is 11.0. The Morgan fingerprint density at radius 2 is 2.06 bits per heavy atom. The van der Waals surface area contributed by atoms with E-state index >= 15 is 0 Å². The molecule has 0 amide bonds. The molecule has 0 bridgehead atoms. The average molecular weight is 222 g/mol. The molecule has 0 aliphatic heterocycles. The van der Waals surface area contributed by atoms with Gasteiger partial charge in [0.05, 0.1) is 5.60 Å². The fourth-order valence-corrected chi connectivity index (χ4v) is 3.81. The van der Waals surface area contributed by atoms with Gasteiger partial charge in [-0.15, -0.1) is 0 Å². The molecule has 2 rings (SSSR count). The predicted molar refractivity (Wildman–Crippen MR) is 68.2 cm³/mol. The van der Waals surface area contributed by atoms with Crippen molar-refractivity contribution < 1.29 is 5.11 Å². The van der Waals surface area contributed by atoms with Gasteiger partial charge in [0, 0.05) is 5.41 Å². The van der Waals surface area contributed by atoms with Crippen LogP contribution in [0.4, 0.5) is 0 Å². The van der Waals surface area contributed by atoms with Gasteiger partial charge in [0.2, 0.25) is 0 Å².